The van der Waals surface area contributed by atoms with Gasteiger partial charge in [-0.3, -0.25) is 14.5 Å². The summed E-state index contributed by atoms with van der Waals surface area (Å²) in [5.41, 5.74) is 2.46. The highest BCUT2D eigenvalue weighted by molar-refractivity contribution is 8.13. The first kappa shape index (κ1) is 22.1. The number of thiazole rings is 1. The molecule has 0 radical (unpaired) electrons. The van der Waals surface area contributed by atoms with Crippen LogP contribution < -0.4 is 4.90 Å². The van der Waals surface area contributed by atoms with E-state index in [4.69, 9.17) is 28.2 Å². The molecule has 4 rings (SSSR count). The van der Waals surface area contributed by atoms with Gasteiger partial charge in [0.2, 0.25) is 5.91 Å². The van der Waals surface area contributed by atoms with E-state index in [-0.39, 0.29) is 17.6 Å². The van der Waals surface area contributed by atoms with E-state index in [9.17, 15) is 9.59 Å². The molecule has 0 saturated carbocycles. The first-order valence-corrected chi connectivity index (χ1v) is 12.3. The van der Waals surface area contributed by atoms with Crippen molar-refractivity contribution in [2.75, 3.05) is 23.7 Å². The quantitative estimate of drug-likeness (QED) is 0.394. The van der Waals surface area contributed by atoms with Crippen molar-refractivity contribution in [2.45, 2.75) is 13.0 Å². The lowest BCUT2D eigenvalue weighted by Crippen LogP contribution is -2.34. The number of amides is 2. The molecule has 0 spiro atoms. The van der Waals surface area contributed by atoms with Crippen molar-refractivity contribution in [3.8, 4) is 11.3 Å². The van der Waals surface area contributed by atoms with Gasteiger partial charge < -0.3 is 4.90 Å². The fourth-order valence-electron chi connectivity index (χ4n) is 3.23. The topological polar surface area (TPSA) is 53.5 Å². The summed E-state index contributed by atoms with van der Waals surface area (Å²) in [4.78, 5) is 33.1. The summed E-state index contributed by atoms with van der Waals surface area (Å²) in [5.74, 6) is 0.704. The van der Waals surface area contributed by atoms with E-state index < -0.39 is 0 Å². The lowest BCUT2D eigenvalue weighted by molar-refractivity contribution is -0.118. The molecule has 2 heterocycles. The molecule has 1 fully saturated rings. The number of halogens is 2. The van der Waals surface area contributed by atoms with Crippen LogP contribution in [0.4, 0.5) is 9.93 Å². The molecule has 31 heavy (non-hydrogen) atoms. The first-order chi connectivity index (χ1) is 15.0. The smallest absolute Gasteiger partial charge is 0.281 e. The lowest BCUT2D eigenvalue weighted by Gasteiger charge is -2.22. The number of aromatic nitrogens is 1. The van der Waals surface area contributed by atoms with E-state index in [0.29, 0.717) is 40.5 Å². The summed E-state index contributed by atoms with van der Waals surface area (Å²) in [7, 11) is 0. The van der Waals surface area contributed by atoms with Gasteiger partial charge in [-0.25, -0.2) is 4.98 Å². The molecule has 1 saturated heterocycles. The maximum Gasteiger partial charge on any atom is 0.281 e. The van der Waals surface area contributed by atoms with E-state index in [1.807, 2.05) is 41.8 Å². The van der Waals surface area contributed by atoms with Gasteiger partial charge in [0.25, 0.3) is 5.24 Å². The molecule has 160 valence electrons. The highest BCUT2D eigenvalue weighted by atomic mass is 35.5. The third kappa shape index (κ3) is 5.41. The zero-order valence-corrected chi connectivity index (χ0v) is 19.6. The fourth-order valence-corrected chi connectivity index (χ4v) is 5.43. The maximum atomic E-state index is 13.2. The summed E-state index contributed by atoms with van der Waals surface area (Å²) in [5, 5.41) is 3.58. The predicted molar refractivity (Wildman–Crippen MR) is 129 cm³/mol. The van der Waals surface area contributed by atoms with Crippen molar-refractivity contribution in [1.82, 2.24) is 9.88 Å². The van der Waals surface area contributed by atoms with Gasteiger partial charge in [0, 0.05) is 41.2 Å². The number of hydrogen-bond acceptors (Lipinski definition) is 5. The molecule has 0 N–H and O–H groups in total. The fraction of sp³-hybridized carbons (Fsp3) is 0.227. The number of benzene rings is 2. The Morgan fingerprint density at radius 3 is 2.68 bits per heavy atom. The Balaban J connectivity index is 1.57. The van der Waals surface area contributed by atoms with Crippen molar-refractivity contribution in [1.29, 1.82) is 0 Å². The number of carbonyl (C=O) groups is 2. The van der Waals surface area contributed by atoms with Crippen LogP contribution in [0.2, 0.25) is 10.0 Å². The second-order valence-electron chi connectivity index (χ2n) is 6.96. The number of rotatable bonds is 7. The molecule has 3 aromatic rings. The van der Waals surface area contributed by atoms with Gasteiger partial charge in [-0.05, 0) is 23.8 Å². The van der Waals surface area contributed by atoms with Crippen LogP contribution in [0.3, 0.4) is 0 Å². The van der Waals surface area contributed by atoms with Gasteiger partial charge in [-0.2, -0.15) is 0 Å². The van der Waals surface area contributed by atoms with Gasteiger partial charge in [0.05, 0.1) is 17.3 Å². The second-order valence-corrected chi connectivity index (χ2v) is 9.68. The first-order valence-electron chi connectivity index (χ1n) is 9.68. The summed E-state index contributed by atoms with van der Waals surface area (Å²) in [6.45, 7) is 1.51. The molecule has 1 aliphatic heterocycles. The second kappa shape index (κ2) is 10.0. The van der Waals surface area contributed by atoms with Crippen LogP contribution in [0, 0.1) is 0 Å². The van der Waals surface area contributed by atoms with Gasteiger partial charge in [-0.1, -0.05) is 65.3 Å². The van der Waals surface area contributed by atoms with Gasteiger partial charge >= 0.3 is 0 Å². The summed E-state index contributed by atoms with van der Waals surface area (Å²) in [6, 6.07) is 15.0. The Hall–Kier alpha value is -2.06. The van der Waals surface area contributed by atoms with E-state index >= 15 is 0 Å². The predicted octanol–water partition coefficient (Wildman–Crippen LogP) is 6.21. The Kier molecular flexibility index (Phi) is 7.17. The van der Waals surface area contributed by atoms with Crippen molar-refractivity contribution < 1.29 is 9.59 Å². The average molecular weight is 492 g/mol. The van der Waals surface area contributed by atoms with E-state index in [1.54, 1.807) is 21.9 Å². The van der Waals surface area contributed by atoms with Crippen molar-refractivity contribution >= 4 is 62.6 Å². The van der Waals surface area contributed by atoms with Crippen LogP contribution in [0.5, 0.6) is 0 Å². The van der Waals surface area contributed by atoms with Gasteiger partial charge in [0.15, 0.2) is 5.13 Å². The molecule has 5 nitrogen and oxygen atoms in total. The molecule has 1 aliphatic rings. The zero-order valence-electron chi connectivity index (χ0n) is 16.5. The molecular formula is C22H19Cl2N3O2S2. The number of anilines is 1. The minimum Gasteiger partial charge on any atom is -0.332 e. The molecule has 9 heteroatoms. The highest BCUT2D eigenvalue weighted by Gasteiger charge is 2.25. The average Bonchev–Trinajstić information content (AvgIpc) is 3.40. The van der Waals surface area contributed by atoms with E-state index in [2.05, 4.69) is 0 Å². The number of thioether (sulfide) groups is 1. The van der Waals surface area contributed by atoms with Crippen LogP contribution in [-0.2, 0) is 11.3 Å². The molecular weight excluding hydrogens is 473 g/mol. The van der Waals surface area contributed by atoms with E-state index in [1.165, 1.54) is 23.1 Å². The summed E-state index contributed by atoms with van der Waals surface area (Å²) >= 11 is 15.0. The van der Waals surface area contributed by atoms with Crippen molar-refractivity contribution in [3.05, 3.63) is 69.5 Å². The molecule has 2 aromatic carbocycles. The van der Waals surface area contributed by atoms with Gasteiger partial charge in [0.1, 0.15) is 0 Å². The van der Waals surface area contributed by atoms with E-state index in [0.717, 1.165) is 16.9 Å². The lowest BCUT2D eigenvalue weighted by atomic mass is 10.2. The van der Waals surface area contributed by atoms with Crippen molar-refractivity contribution in [3.63, 3.8) is 0 Å². The Labute approximate surface area is 199 Å². The molecule has 0 aliphatic carbocycles. The number of nitrogens with zero attached hydrogens (tertiary/aromatic N) is 3. The Bertz CT molecular complexity index is 1090. The van der Waals surface area contributed by atoms with Gasteiger partial charge in [-0.15, -0.1) is 11.3 Å². The van der Waals surface area contributed by atoms with Crippen LogP contribution in [0.1, 0.15) is 12.0 Å². The van der Waals surface area contributed by atoms with Crippen LogP contribution in [0.15, 0.2) is 53.9 Å². The zero-order chi connectivity index (χ0) is 21.8. The highest BCUT2D eigenvalue weighted by Crippen LogP contribution is 2.34. The largest absolute Gasteiger partial charge is 0.332 e. The third-order valence-electron chi connectivity index (χ3n) is 4.86. The number of hydrogen-bond donors (Lipinski definition) is 0. The van der Waals surface area contributed by atoms with Crippen molar-refractivity contribution in [2.24, 2.45) is 0 Å². The minimum absolute atomic E-state index is 0.0383. The number of carbonyl (C=O) groups excluding carboxylic acids is 2. The molecule has 0 atom stereocenters. The maximum absolute atomic E-state index is 13.2. The Morgan fingerprint density at radius 2 is 1.97 bits per heavy atom. The standard InChI is InChI=1S/C22H19Cl2N3O2S2/c23-16-6-7-17(18(24)12-16)19-14-31-21(25-19)27(13-15-4-2-1-3-5-15)20(28)8-9-26-10-11-30-22(26)29/h1-7,12,14H,8-11,13H2. The summed E-state index contributed by atoms with van der Waals surface area (Å²) < 4.78 is 0. The van der Waals surface area contributed by atoms with Crippen LogP contribution in [0.25, 0.3) is 11.3 Å². The van der Waals surface area contributed by atoms with Crippen LogP contribution in [-0.4, -0.2) is 39.9 Å². The minimum atomic E-state index is -0.0725. The Morgan fingerprint density at radius 1 is 1.16 bits per heavy atom. The third-order valence-corrected chi connectivity index (χ3v) is 7.16. The normalized spacial score (nSPS) is 13.6. The summed E-state index contributed by atoms with van der Waals surface area (Å²) in [6.07, 6.45) is 0.246. The molecule has 0 unspecified atom stereocenters. The molecule has 2 amide bonds. The SMILES string of the molecule is O=C1SCCN1CCC(=O)N(Cc1ccccc1)c1nc(-c2ccc(Cl)cc2Cl)cs1. The monoisotopic (exact) mass is 491 g/mol. The van der Waals surface area contributed by atoms with Crippen LogP contribution >= 0.6 is 46.3 Å². The molecule has 0 bridgehead atoms. The molecule has 1 aromatic heterocycles.